The van der Waals surface area contributed by atoms with Crippen LogP contribution in [0.15, 0.2) is 42.5 Å². The minimum atomic E-state index is -0.964. The summed E-state index contributed by atoms with van der Waals surface area (Å²) in [5.41, 5.74) is 3.28. The summed E-state index contributed by atoms with van der Waals surface area (Å²) in [5.74, 6) is -1.38. The molecule has 0 bridgehead atoms. The van der Waals surface area contributed by atoms with Crippen molar-refractivity contribution in [3.63, 3.8) is 0 Å². The molecular weight excluding hydrogens is 231 g/mol. The van der Waals surface area contributed by atoms with Crippen LogP contribution in [-0.2, 0) is 11.2 Å². The van der Waals surface area contributed by atoms with Crippen LogP contribution in [0.4, 0.5) is 4.39 Å². The van der Waals surface area contributed by atoms with E-state index in [0.29, 0.717) is 5.56 Å². The molecule has 0 aliphatic carbocycles. The van der Waals surface area contributed by atoms with Gasteiger partial charge in [-0.2, -0.15) is 0 Å². The summed E-state index contributed by atoms with van der Waals surface area (Å²) in [7, 11) is 0. The molecule has 0 saturated carbocycles. The van der Waals surface area contributed by atoms with Crippen LogP contribution in [0, 0.1) is 12.7 Å². The Morgan fingerprint density at radius 3 is 2.44 bits per heavy atom. The van der Waals surface area contributed by atoms with Gasteiger partial charge in [-0.15, -0.1) is 0 Å². The monoisotopic (exact) mass is 244 g/mol. The van der Waals surface area contributed by atoms with Crippen LogP contribution in [0.5, 0.6) is 0 Å². The highest BCUT2D eigenvalue weighted by atomic mass is 19.1. The second-order valence-electron chi connectivity index (χ2n) is 4.24. The minimum absolute atomic E-state index is 0.180. The molecule has 2 aromatic rings. The maximum atomic E-state index is 13.2. The number of carboxylic acids is 1. The van der Waals surface area contributed by atoms with Gasteiger partial charge in [-0.3, -0.25) is 4.79 Å². The van der Waals surface area contributed by atoms with Crippen LogP contribution in [0.1, 0.15) is 11.1 Å². The number of aryl methyl sites for hydroxylation is 1. The van der Waals surface area contributed by atoms with Crippen molar-refractivity contribution < 1.29 is 14.3 Å². The molecule has 0 aromatic heterocycles. The van der Waals surface area contributed by atoms with Crippen molar-refractivity contribution in [2.75, 3.05) is 0 Å². The van der Waals surface area contributed by atoms with E-state index in [-0.39, 0.29) is 6.42 Å². The Hall–Kier alpha value is -2.16. The normalized spacial score (nSPS) is 10.3. The average molecular weight is 244 g/mol. The second-order valence-corrected chi connectivity index (χ2v) is 4.24. The van der Waals surface area contributed by atoms with Gasteiger partial charge in [0, 0.05) is 0 Å². The maximum Gasteiger partial charge on any atom is 0.307 e. The van der Waals surface area contributed by atoms with Gasteiger partial charge in [0.2, 0.25) is 0 Å². The Morgan fingerprint density at radius 2 is 1.83 bits per heavy atom. The molecule has 3 heteroatoms. The molecule has 92 valence electrons. The smallest absolute Gasteiger partial charge is 0.307 e. The summed E-state index contributed by atoms with van der Waals surface area (Å²) in [4.78, 5) is 10.8. The SMILES string of the molecule is Cc1ccc(-c2ccc(F)cc2CC(=O)O)cc1. The molecule has 0 aliphatic rings. The van der Waals surface area contributed by atoms with E-state index in [1.807, 2.05) is 31.2 Å². The molecule has 0 spiro atoms. The number of rotatable bonds is 3. The fourth-order valence-corrected chi connectivity index (χ4v) is 1.89. The molecule has 0 saturated heterocycles. The summed E-state index contributed by atoms with van der Waals surface area (Å²) < 4.78 is 13.2. The Balaban J connectivity index is 2.49. The van der Waals surface area contributed by atoms with E-state index in [4.69, 9.17) is 5.11 Å². The van der Waals surface area contributed by atoms with Crippen molar-refractivity contribution in [2.24, 2.45) is 0 Å². The largest absolute Gasteiger partial charge is 0.481 e. The predicted octanol–water partition coefficient (Wildman–Crippen LogP) is 3.43. The molecular formula is C15H13FO2. The average Bonchev–Trinajstić information content (AvgIpc) is 2.30. The van der Waals surface area contributed by atoms with Crippen molar-refractivity contribution in [3.05, 3.63) is 59.4 Å². The number of halogens is 1. The van der Waals surface area contributed by atoms with Crippen molar-refractivity contribution >= 4 is 5.97 Å². The third-order valence-corrected chi connectivity index (χ3v) is 2.77. The highest BCUT2D eigenvalue weighted by Crippen LogP contribution is 2.25. The van der Waals surface area contributed by atoms with Gasteiger partial charge in [-0.1, -0.05) is 35.9 Å². The lowest BCUT2D eigenvalue weighted by Crippen LogP contribution is -2.02. The van der Waals surface area contributed by atoms with Crippen molar-refractivity contribution in [1.29, 1.82) is 0 Å². The van der Waals surface area contributed by atoms with Gasteiger partial charge in [0.1, 0.15) is 5.82 Å². The number of hydrogen-bond acceptors (Lipinski definition) is 1. The summed E-state index contributed by atoms with van der Waals surface area (Å²) in [5, 5.41) is 8.85. The number of hydrogen-bond donors (Lipinski definition) is 1. The number of carboxylic acid groups (broad SMARTS) is 1. The lowest BCUT2D eigenvalue weighted by molar-refractivity contribution is -0.136. The first kappa shape index (κ1) is 12.3. The molecule has 2 aromatic carbocycles. The van der Waals surface area contributed by atoms with Crippen LogP contribution in [0.25, 0.3) is 11.1 Å². The number of benzene rings is 2. The fraction of sp³-hybridized carbons (Fsp3) is 0.133. The van der Waals surface area contributed by atoms with E-state index < -0.39 is 11.8 Å². The van der Waals surface area contributed by atoms with E-state index in [2.05, 4.69) is 0 Å². The highest BCUT2D eigenvalue weighted by molar-refractivity contribution is 5.76. The Kier molecular flexibility index (Phi) is 3.42. The van der Waals surface area contributed by atoms with E-state index in [0.717, 1.165) is 16.7 Å². The number of carbonyl (C=O) groups is 1. The first-order chi connectivity index (χ1) is 8.56. The van der Waals surface area contributed by atoms with Crippen LogP contribution in [0.2, 0.25) is 0 Å². The third kappa shape index (κ3) is 2.74. The van der Waals surface area contributed by atoms with Crippen molar-refractivity contribution in [2.45, 2.75) is 13.3 Å². The summed E-state index contributed by atoms with van der Waals surface area (Å²) in [6, 6.07) is 12.0. The molecule has 2 nitrogen and oxygen atoms in total. The van der Waals surface area contributed by atoms with Crippen LogP contribution in [-0.4, -0.2) is 11.1 Å². The molecule has 0 aliphatic heterocycles. The first-order valence-corrected chi connectivity index (χ1v) is 5.63. The quantitative estimate of drug-likeness (QED) is 0.898. The first-order valence-electron chi connectivity index (χ1n) is 5.63. The Bertz CT molecular complexity index is 574. The topological polar surface area (TPSA) is 37.3 Å². The molecule has 0 unspecified atom stereocenters. The lowest BCUT2D eigenvalue weighted by Gasteiger charge is -2.08. The van der Waals surface area contributed by atoms with Crippen molar-refractivity contribution in [1.82, 2.24) is 0 Å². The Labute approximate surface area is 105 Å². The van der Waals surface area contributed by atoms with Crippen LogP contribution in [0.3, 0.4) is 0 Å². The number of aliphatic carboxylic acids is 1. The van der Waals surface area contributed by atoms with E-state index >= 15 is 0 Å². The van der Waals surface area contributed by atoms with Gasteiger partial charge in [0.05, 0.1) is 6.42 Å². The summed E-state index contributed by atoms with van der Waals surface area (Å²) >= 11 is 0. The lowest BCUT2D eigenvalue weighted by atomic mass is 9.97. The van der Waals surface area contributed by atoms with Crippen molar-refractivity contribution in [3.8, 4) is 11.1 Å². The van der Waals surface area contributed by atoms with Gasteiger partial charge in [-0.05, 0) is 35.7 Å². The third-order valence-electron chi connectivity index (χ3n) is 2.77. The van der Waals surface area contributed by atoms with Gasteiger partial charge in [0.15, 0.2) is 0 Å². The van der Waals surface area contributed by atoms with Gasteiger partial charge in [-0.25, -0.2) is 4.39 Å². The molecule has 18 heavy (non-hydrogen) atoms. The minimum Gasteiger partial charge on any atom is -0.481 e. The zero-order valence-electron chi connectivity index (χ0n) is 9.98. The predicted molar refractivity (Wildman–Crippen MR) is 67.9 cm³/mol. The van der Waals surface area contributed by atoms with E-state index in [1.165, 1.54) is 12.1 Å². The van der Waals surface area contributed by atoms with Gasteiger partial charge < -0.3 is 5.11 Å². The molecule has 2 rings (SSSR count). The standard InChI is InChI=1S/C15H13FO2/c1-10-2-4-11(5-3-10)14-7-6-13(16)8-12(14)9-15(17)18/h2-8H,9H2,1H3,(H,17,18). The van der Waals surface area contributed by atoms with E-state index in [1.54, 1.807) is 6.07 Å². The fourth-order valence-electron chi connectivity index (χ4n) is 1.89. The molecule has 0 heterocycles. The molecule has 0 atom stereocenters. The van der Waals surface area contributed by atoms with E-state index in [9.17, 15) is 9.18 Å². The van der Waals surface area contributed by atoms with Gasteiger partial charge >= 0.3 is 5.97 Å². The zero-order chi connectivity index (χ0) is 13.1. The molecule has 0 fully saturated rings. The van der Waals surface area contributed by atoms with Gasteiger partial charge in [0.25, 0.3) is 0 Å². The molecule has 1 N–H and O–H groups in total. The second kappa shape index (κ2) is 5.00. The molecule has 0 amide bonds. The highest BCUT2D eigenvalue weighted by Gasteiger charge is 2.09. The Morgan fingerprint density at radius 1 is 1.17 bits per heavy atom. The zero-order valence-corrected chi connectivity index (χ0v) is 9.98. The van der Waals surface area contributed by atoms with Crippen LogP contribution < -0.4 is 0 Å². The summed E-state index contributed by atoms with van der Waals surface area (Å²) in [6.45, 7) is 1.98. The molecule has 0 radical (unpaired) electrons. The maximum absolute atomic E-state index is 13.2. The summed E-state index contributed by atoms with van der Waals surface area (Å²) in [6.07, 6.45) is -0.180. The van der Waals surface area contributed by atoms with Crippen LogP contribution >= 0.6 is 0 Å².